The first-order valence-corrected chi connectivity index (χ1v) is 12.7. The third-order valence-corrected chi connectivity index (χ3v) is 6.74. The molecule has 40 heavy (non-hydrogen) atoms. The van der Waals surface area contributed by atoms with Crippen LogP contribution in [-0.2, 0) is 11.3 Å². The number of nitrogens with one attached hydrogen (secondary N) is 1. The molecule has 198 valence electrons. The van der Waals surface area contributed by atoms with Crippen LogP contribution >= 0.6 is 0 Å². The molecule has 3 N–H and O–H groups in total. The van der Waals surface area contributed by atoms with E-state index in [-0.39, 0.29) is 24.4 Å². The number of phenols is 1. The van der Waals surface area contributed by atoms with Crippen molar-refractivity contribution in [1.82, 2.24) is 15.0 Å². The number of benzene rings is 4. The van der Waals surface area contributed by atoms with Crippen molar-refractivity contribution in [3.05, 3.63) is 96.2 Å². The average Bonchev–Trinajstić information content (AvgIpc) is 3.55. The van der Waals surface area contributed by atoms with Crippen molar-refractivity contribution in [3.8, 4) is 28.3 Å². The second-order valence-corrected chi connectivity index (χ2v) is 9.54. The summed E-state index contributed by atoms with van der Waals surface area (Å²) in [5.74, 6) is -1.34. The number of aromatic carboxylic acids is 1. The highest BCUT2D eigenvalue weighted by Gasteiger charge is 2.23. The predicted octanol–water partition coefficient (Wildman–Crippen LogP) is 6.25. The fraction of sp³-hybridized carbons (Fsp3) is 0.0968. The fourth-order valence-corrected chi connectivity index (χ4v) is 4.83. The van der Waals surface area contributed by atoms with Crippen LogP contribution in [0.1, 0.15) is 22.3 Å². The lowest BCUT2D eigenvalue weighted by molar-refractivity contribution is -0.116. The Morgan fingerprint density at radius 2 is 1.77 bits per heavy atom. The minimum absolute atomic E-state index is 0.163. The van der Waals surface area contributed by atoms with Gasteiger partial charge in [-0.3, -0.25) is 9.48 Å². The second kappa shape index (κ2) is 10.0. The molecular formula is C31H24N4O5. The third kappa shape index (κ3) is 4.64. The van der Waals surface area contributed by atoms with E-state index >= 15 is 0 Å². The van der Waals surface area contributed by atoms with Crippen LogP contribution in [0.2, 0.25) is 0 Å². The van der Waals surface area contributed by atoms with Crippen molar-refractivity contribution in [3.63, 3.8) is 0 Å². The molecule has 0 aliphatic rings. The summed E-state index contributed by atoms with van der Waals surface area (Å²) in [7, 11) is 0. The van der Waals surface area contributed by atoms with Crippen LogP contribution in [0, 0.1) is 6.92 Å². The third-order valence-electron chi connectivity index (χ3n) is 6.74. The summed E-state index contributed by atoms with van der Waals surface area (Å²) >= 11 is 0. The van der Waals surface area contributed by atoms with E-state index in [1.165, 1.54) is 12.1 Å². The van der Waals surface area contributed by atoms with Crippen LogP contribution < -0.4 is 5.32 Å². The van der Waals surface area contributed by atoms with Gasteiger partial charge in [0.05, 0.1) is 18.3 Å². The Hall–Kier alpha value is -5.44. The predicted molar refractivity (Wildman–Crippen MR) is 151 cm³/mol. The molecule has 0 atom stereocenters. The van der Waals surface area contributed by atoms with Gasteiger partial charge in [0.1, 0.15) is 28.4 Å². The minimum atomic E-state index is -1.26. The van der Waals surface area contributed by atoms with Crippen molar-refractivity contribution in [2.45, 2.75) is 19.9 Å². The van der Waals surface area contributed by atoms with Crippen LogP contribution in [0.5, 0.6) is 5.75 Å². The van der Waals surface area contributed by atoms with Crippen LogP contribution in [0.25, 0.3) is 44.3 Å². The minimum Gasteiger partial charge on any atom is -0.507 e. The Morgan fingerprint density at radius 3 is 2.60 bits per heavy atom. The zero-order chi connectivity index (χ0) is 27.8. The number of aryl methyl sites for hydroxylation is 2. The van der Waals surface area contributed by atoms with Crippen LogP contribution in [0.4, 0.5) is 5.69 Å². The number of aromatic nitrogens is 3. The SMILES string of the molecule is Cc1cccc(-c2oc3cc(O)c(C(=O)O)cc3c2-c2cn(CCC(=O)Nc3cccc4ccccc34)nn2)c1. The molecule has 9 heteroatoms. The van der Waals surface area contributed by atoms with Gasteiger partial charge < -0.3 is 19.9 Å². The van der Waals surface area contributed by atoms with E-state index < -0.39 is 11.7 Å². The maximum atomic E-state index is 12.8. The Balaban J connectivity index is 1.31. The largest absolute Gasteiger partial charge is 0.507 e. The molecule has 0 aliphatic carbocycles. The standard InChI is InChI=1S/C31H24N4O5/c1-18-6-4-9-20(14-18)30-29(23-15-22(31(38)39)26(36)16-27(23)40-30)25-17-35(34-33-25)13-12-28(37)32-24-11-5-8-19-7-2-3-10-21(19)24/h2-11,14-17,36H,12-13H2,1H3,(H,32,37)(H,38,39). The number of fused-ring (bicyclic) bond motifs is 2. The van der Waals surface area contributed by atoms with Gasteiger partial charge in [0.15, 0.2) is 0 Å². The average molecular weight is 533 g/mol. The lowest BCUT2D eigenvalue weighted by Gasteiger charge is -2.08. The van der Waals surface area contributed by atoms with Gasteiger partial charge in [0.2, 0.25) is 5.91 Å². The van der Waals surface area contributed by atoms with Gasteiger partial charge in [-0.05, 0) is 30.5 Å². The molecule has 0 bridgehead atoms. The molecule has 1 amide bonds. The summed E-state index contributed by atoms with van der Waals surface area (Å²) in [6.45, 7) is 2.24. The molecule has 0 saturated heterocycles. The van der Waals surface area contributed by atoms with E-state index in [0.29, 0.717) is 28.0 Å². The van der Waals surface area contributed by atoms with Crippen molar-refractivity contribution >= 4 is 39.3 Å². The van der Waals surface area contributed by atoms with Gasteiger partial charge in [0, 0.05) is 34.5 Å². The normalized spacial score (nSPS) is 11.2. The van der Waals surface area contributed by atoms with Gasteiger partial charge in [-0.15, -0.1) is 5.10 Å². The van der Waals surface area contributed by atoms with E-state index in [2.05, 4.69) is 15.6 Å². The molecule has 6 rings (SSSR count). The quantitative estimate of drug-likeness (QED) is 0.221. The molecule has 2 heterocycles. The highest BCUT2D eigenvalue weighted by Crippen LogP contribution is 2.42. The van der Waals surface area contributed by atoms with E-state index in [1.807, 2.05) is 73.7 Å². The molecular weight excluding hydrogens is 508 g/mol. The molecule has 2 aromatic heterocycles. The van der Waals surface area contributed by atoms with Gasteiger partial charge in [-0.1, -0.05) is 65.4 Å². The molecule has 0 spiro atoms. The number of aromatic hydroxyl groups is 1. The summed E-state index contributed by atoms with van der Waals surface area (Å²) in [5, 5.41) is 33.8. The molecule has 0 fully saturated rings. The topological polar surface area (TPSA) is 130 Å². The fourth-order valence-electron chi connectivity index (χ4n) is 4.83. The van der Waals surface area contributed by atoms with Crippen LogP contribution in [-0.4, -0.2) is 37.1 Å². The number of anilines is 1. The first kappa shape index (κ1) is 24.9. The molecule has 0 saturated carbocycles. The lowest BCUT2D eigenvalue weighted by atomic mass is 10.0. The maximum absolute atomic E-state index is 12.8. The number of carbonyl (C=O) groups is 2. The highest BCUT2D eigenvalue weighted by atomic mass is 16.4. The zero-order valence-electron chi connectivity index (χ0n) is 21.5. The number of carboxylic acids is 1. The summed E-state index contributed by atoms with van der Waals surface area (Å²) in [6, 6.07) is 24.0. The van der Waals surface area contributed by atoms with Crippen molar-refractivity contribution in [1.29, 1.82) is 0 Å². The number of carbonyl (C=O) groups excluding carboxylic acids is 1. The molecule has 9 nitrogen and oxygen atoms in total. The van der Waals surface area contributed by atoms with E-state index in [4.69, 9.17) is 4.42 Å². The Bertz CT molecular complexity index is 1920. The maximum Gasteiger partial charge on any atom is 0.339 e. The molecule has 4 aromatic carbocycles. The second-order valence-electron chi connectivity index (χ2n) is 9.54. The number of nitrogens with zero attached hydrogens (tertiary/aromatic N) is 3. The summed E-state index contributed by atoms with van der Waals surface area (Å²) in [6.07, 6.45) is 1.86. The van der Waals surface area contributed by atoms with E-state index in [0.717, 1.165) is 27.6 Å². The smallest absolute Gasteiger partial charge is 0.339 e. The van der Waals surface area contributed by atoms with Gasteiger partial charge in [-0.2, -0.15) is 0 Å². The van der Waals surface area contributed by atoms with Crippen LogP contribution in [0.15, 0.2) is 89.5 Å². The Kier molecular flexibility index (Phi) is 6.24. The first-order chi connectivity index (χ1) is 19.4. The molecule has 0 aliphatic heterocycles. The van der Waals surface area contributed by atoms with E-state index in [1.54, 1.807) is 10.9 Å². The zero-order valence-corrected chi connectivity index (χ0v) is 21.5. The number of furan rings is 1. The van der Waals surface area contributed by atoms with Crippen LogP contribution in [0.3, 0.4) is 0 Å². The Morgan fingerprint density at radius 1 is 0.975 bits per heavy atom. The van der Waals surface area contributed by atoms with Crippen molar-refractivity contribution < 1.29 is 24.2 Å². The van der Waals surface area contributed by atoms with E-state index in [9.17, 15) is 19.8 Å². The van der Waals surface area contributed by atoms with Gasteiger partial charge in [0.25, 0.3) is 0 Å². The summed E-state index contributed by atoms with van der Waals surface area (Å²) in [4.78, 5) is 24.5. The van der Waals surface area contributed by atoms with Crippen molar-refractivity contribution in [2.75, 3.05) is 5.32 Å². The van der Waals surface area contributed by atoms with Gasteiger partial charge >= 0.3 is 5.97 Å². The van der Waals surface area contributed by atoms with Gasteiger partial charge in [-0.25, -0.2) is 4.79 Å². The monoisotopic (exact) mass is 532 g/mol. The highest BCUT2D eigenvalue weighted by molar-refractivity contribution is 6.05. The molecule has 0 radical (unpaired) electrons. The summed E-state index contributed by atoms with van der Waals surface area (Å²) < 4.78 is 7.69. The number of amides is 1. The number of carboxylic acid groups (broad SMARTS) is 1. The number of hydrogen-bond acceptors (Lipinski definition) is 6. The first-order valence-electron chi connectivity index (χ1n) is 12.7. The number of hydrogen-bond donors (Lipinski definition) is 3. The molecule has 6 aromatic rings. The molecule has 0 unspecified atom stereocenters. The lowest BCUT2D eigenvalue weighted by Crippen LogP contribution is -2.15. The summed E-state index contributed by atoms with van der Waals surface area (Å²) in [5.41, 5.74) is 3.60. The number of rotatable bonds is 7. The Labute approximate surface area is 228 Å². The van der Waals surface area contributed by atoms with Crippen molar-refractivity contribution in [2.24, 2.45) is 0 Å².